The minimum Gasteiger partial charge on any atom is -0.343 e. The third-order valence-corrected chi connectivity index (χ3v) is 2.85. The Morgan fingerprint density at radius 3 is 2.50 bits per heavy atom. The maximum Gasteiger partial charge on any atom is 0.245 e. The van der Waals surface area contributed by atoms with Gasteiger partial charge in [0, 0.05) is 6.54 Å². The normalized spacial score (nSPS) is 26.2. The summed E-state index contributed by atoms with van der Waals surface area (Å²) in [5.74, 6) is 0.456. The van der Waals surface area contributed by atoms with Crippen LogP contribution in [0.1, 0.15) is 40.5 Å². The Kier molecular flexibility index (Phi) is 4.33. The van der Waals surface area contributed by atoms with Crippen LogP contribution in [0, 0.1) is 5.92 Å². The number of nitrogens with one attached hydrogen (secondary N) is 1. The van der Waals surface area contributed by atoms with E-state index < -0.39 is 0 Å². The molecule has 0 bridgehead atoms. The zero-order valence-corrected chi connectivity index (χ0v) is 10.6. The highest BCUT2D eigenvalue weighted by molar-refractivity contribution is 5.96. The molecule has 16 heavy (non-hydrogen) atoms. The first-order chi connectivity index (χ1) is 7.47. The van der Waals surface area contributed by atoms with E-state index in [1.165, 1.54) is 0 Å². The van der Waals surface area contributed by atoms with Gasteiger partial charge in [0.25, 0.3) is 0 Å². The van der Waals surface area contributed by atoms with Crippen LogP contribution >= 0.6 is 0 Å². The molecule has 2 unspecified atom stereocenters. The molecule has 0 aliphatic carbocycles. The molecular weight excluding hydrogens is 204 g/mol. The van der Waals surface area contributed by atoms with E-state index in [0.717, 1.165) is 12.8 Å². The topological polar surface area (TPSA) is 49.4 Å². The molecule has 0 saturated carbocycles. The number of amides is 2. The van der Waals surface area contributed by atoms with Crippen molar-refractivity contribution in [3.05, 3.63) is 0 Å². The average molecular weight is 226 g/mol. The van der Waals surface area contributed by atoms with Crippen molar-refractivity contribution in [2.24, 2.45) is 5.92 Å². The van der Waals surface area contributed by atoms with Crippen molar-refractivity contribution in [3.8, 4) is 0 Å². The molecule has 1 saturated heterocycles. The van der Waals surface area contributed by atoms with E-state index in [1.807, 2.05) is 6.92 Å². The van der Waals surface area contributed by atoms with Gasteiger partial charge in [0.1, 0.15) is 12.1 Å². The van der Waals surface area contributed by atoms with Gasteiger partial charge in [-0.1, -0.05) is 20.8 Å². The first-order valence-electron chi connectivity index (χ1n) is 6.08. The second-order valence-corrected chi connectivity index (χ2v) is 4.91. The zero-order chi connectivity index (χ0) is 12.3. The predicted molar refractivity (Wildman–Crippen MR) is 62.9 cm³/mol. The summed E-state index contributed by atoms with van der Waals surface area (Å²) in [5.41, 5.74) is 0. The smallest absolute Gasteiger partial charge is 0.245 e. The summed E-state index contributed by atoms with van der Waals surface area (Å²) in [6, 6.07) is -0.647. The Balaban J connectivity index is 2.82. The lowest BCUT2D eigenvalue weighted by atomic mass is 9.98. The first kappa shape index (κ1) is 13.0. The van der Waals surface area contributed by atoms with Crippen LogP contribution in [0.4, 0.5) is 0 Å². The summed E-state index contributed by atoms with van der Waals surface area (Å²) >= 11 is 0. The van der Waals surface area contributed by atoms with Gasteiger partial charge in [-0.3, -0.25) is 9.59 Å². The highest BCUT2D eigenvalue weighted by Crippen LogP contribution is 2.17. The van der Waals surface area contributed by atoms with E-state index in [9.17, 15) is 9.59 Å². The van der Waals surface area contributed by atoms with Gasteiger partial charge >= 0.3 is 0 Å². The summed E-state index contributed by atoms with van der Waals surface area (Å²) in [7, 11) is 0. The summed E-state index contributed by atoms with van der Waals surface area (Å²) in [4.78, 5) is 25.6. The summed E-state index contributed by atoms with van der Waals surface area (Å²) < 4.78 is 0. The first-order valence-corrected chi connectivity index (χ1v) is 6.08. The molecule has 0 radical (unpaired) electrons. The van der Waals surface area contributed by atoms with Crippen molar-refractivity contribution < 1.29 is 9.59 Å². The van der Waals surface area contributed by atoms with E-state index in [4.69, 9.17) is 0 Å². The van der Waals surface area contributed by atoms with Gasteiger partial charge < -0.3 is 10.2 Å². The Morgan fingerprint density at radius 2 is 2.00 bits per heavy atom. The Hall–Kier alpha value is -1.06. The van der Waals surface area contributed by atoms with Crippen molar-refractivity contribution >= 4 is 11.8 Å². The SMILES string of the molecule is CCCN1C(=O)C(C)NC(=O)C1CC(C)C. The number of carbonyl (C=O) groups excluding carboxylic acids is 2. The lowest BCUT2D eigenvalue weighted by molar-refractivity contribution is -0.149. The van der Waals surface area contributed by atoms with Gasteiger partial charge in [-0.25, -0.2) is 0 Å². The van der Waals surface area contributed by atoms with Crippen molar-refractivity contribution in [3.63, 3.8) is 0 Å². The second kappa shape index (κ2) is 5.32. The molecule has 1 aliphatic rings. The molecule has 2 amide bonds. The fourth-order valence-electron chi connectivity index (χ4n) is 2.10. The van der Waals surface area contributed by atoms with Gasteiger partial charge in [0.2, 0.25) is 11.8 Å². The summed E-state index contributed by atoms with van der Waals surface area (Å²) in [6.07, 6.45) is 1.63. The van der Waals surface area contributed by atoms with Gasteiger partial charge in [-0.2, -0.15) is 0 Å². The Morgan fingerprint density at radius 1 is 1.38 bits per heavy atom. The molecule has 2 atom stereocenters. The van der Waals surface area contributed by atoms with Gasteiger partial charge in [0.05, 0.1) is 0 Å². The lowest BCUT2D eigenvalue weighted by Gasteiger charge is -2.38. The molecule has 4 nitrogen and oxygen atoms in total. The molecule has 92 valence electrons. The van der Waals surface area contributed by atoms with Crippen molar-refractivity contribution in [1.82, 2.24) is 10.2 Å². The summed E-state index contributed by atoms with van der Waals surface area (Å²) in [5, 5.41) is 2.74. The quantitative estimate of drug-likeness (QED) is 0.782. The van der Waals surface area contributed by atoms with Crippen LogP contribution in [0.2, 0.25) is 0 Å². The predicted octanol–water partition coefficient (Wildman–Crippen LogP) is 1.16. The van der Waals surface area contributed by atoms with Crippen molar-refractivity contribution in [2.45, 2.75) is 52.6 Å². The molecule has 0 aromatic carbocycles. The third-order valence-electron chi connectivity index (χ3n) is 2.85. The van der Waals surface area contributed by atoms with E-state index in [0.29, 0.717) is 12.5 Å². The molecule has 1 rings (SSSR count). The molecule has 4 heteroatoms. The Bertz CT molecular complexity index is 276. The van der Waals surface area contributed by atoms with Crippen LogP contribution < -0.4 is 5.32 Å². The molecule has 1 N–H and O–H groups in total. The van der Waals surface area contributed by atoms with E-state index >= 15 is 0 Å². The van der Waals surface area contributed by atoms with Crippen LogP contribution in [-0.2, 0) is 9.59 Å². The van der Waals surface area contributed by atoms with Crippen molar-refractivity contribution in [1.29, 1.82) is 0 Å². The number of piperazine rings is 1. The van der Waals surface area contributed by atoms with E-state index in [-0.39, 0.29) is 23.9 Å². The van der Waals surface area contributed by atoms with Crippen LogP contribution in [0.3, 0.4) is 0 Å². The fraction of sp³-hybridized carbons (Fsp3) is 0.833. The number of rotatable bonds is 4. The molecule has 0 aromatic rings. The van der Waals surface area contributed by atoms with Crippen LogP contribution in [-0.4, -0.2) is 35.3 Å². The fourth-order valence-corrected chi connectivity index (χ4v) is 2.10. The molecule has 0 aromatic heterocycles. The zero-order valence-electron chi connectivity index (χ0n) is 10.6. The standard InChI is InChI=1S/C12H22N2O2/c1-5-6-14-10(7-8(2)3)11(15)13-9(4)12(14)16/h8-10H,5-7H2,1-4H3,(H,13,15). The Labute approximate surface area is 97.4 Å². The number of nitrogens with zero attached hydrogens (tertiary/aromatic N) is 1. The molecular formula is C12H22N2O2. The molecule has 1 fully saturated rings. The maximum atomic E-state index is 12.0. The highest BCUT2D eigenvalue weighted by Gasteiger charge is 2.37. The lowest BCUT2D eigenvalue weighted by Crippen LogP contribution is -2.62. The minimum absolute atomic E-state index is 0.00532. The molecule has 1 heterocycles. The average Bonchev–Trinajstić information content (AvgIpc) is 2.19. The molecule has 1 aliphatic heterocycles. The van der Waals surface area contributed by atoms with Crippen LogP contribution in [0.5, 0.6) is 0 Å². The third kappa shape index (κ3) is 2.74. The van der Waals surface area contributed by atoms with E-state index in [2.05, 4.69) is 19.2 Å². The van der Waals surface area contributed by atoms with Gasteiger partial charge in [0.15, 0.2) is 0 Å². The molecule has 0 spiro atoms. The summed E-state index contributed by atoms with van der Waals surface area (Å²) in [6.45, 7) is 8.58. The number of carbonyl (C=O) groups is 2. The van der Waals surface area contributed by atoms with E-state index in [1.54, 1.807) is 11.8 Å². The number of hydrogen-bond donors (Lipinski definition) is 1. The number of hydrogen-bond acceptors (Lipinski definition) is 2. The minimum atomic E-state index is -0.373. The highest BCUT2D eigenvalue weighted by atomic mass is 16.2. The second-order valence-electron chi connectivity index (χ2n) is 4.91. The van der Waals surface area contributed by atoms with Gasteiger partial charge in [-0.15, -0.1) is 0 Å². The van der Waals surface area contributed by atoms with Crippen LogP contribution in [0.15, 0.2) is 0 Å². The largest absolute Gasteiger partial charge is 0.343 e. The van der Waals surface area contributed by atoms with Crippen molar-refractivity contribution in [2.75, 3.05) is 6.54 Å². The monoisotopic (exact) mass is 226 g/mol. The van der Waals surface area contributed by atoms with Crippen LogP contribution in [0.25, 0.3) is 0 Å². The van der Waals surface area contributed by atoms with Gasteiger partial charge in [-0.05, 0) is 25.7 Å². The maximum absolute atomic E-state index is 12.0.